The molecule has 1 N–H and O–H groups in total. The normalized spacial score (nSPS) is 22.5. The van der Waals surface area contributed by atoms with Gasteiger partial charge >= 0.3 is 0 Å². The molecule has 4 rings (SSSR count). The average Bonchev–Trinajstić information content (AvgIpc) is 2.98. The lowest BCUT2D eigenvalue weighted by Gasteiger charge is -2.38. The van der Waals surface area contributed by atoms with Crippen LogP contribution in [0.3, 0.4) is 0 Å². The molecule has 26 heavy (non-hydrogen) atoms. The number of hydrogen-bond donors (Lipinski definition) is 1. The Labute approximate surface area is 152 Å². The first-order valence-corrected chi connectivity index (χ1v) is 8.78. The van der Waals surface area contributed by atoms with E-state index in [2.05, 4.69) is 5.43 Å². The van der Waals surface area contributed by atoms with Gasteiger partial charge in [-0.3, -0.25) is 19.9 Å². The summed E-state index contributed by atoms with van der Waals surface area (Å²) in [7, 11) is 0. The standard InChI is InChI=1S/C20H21N3O3/c1-14-11-19(24)21-22(14)12-20(25)23-16-9-5-6-10-18(16)26-13-17(23)15-7-3-2-4-8-15/h2-10,14,17H,11-13H2,1H3,(H,21,24). The van der Waals surface area contributed by atoms with E-state index < -0.39 is 0 Å². The summed E-state index contributed by atoms with van der Waals surface area (Å²) in [6.45, 7) is 2.46. The number of rotatable bonds is 3. The Balaban J connectivity index is 1.66. The number of nitrogens with zero attached hydrogens (tertiary/aromatic N) is 2. The molecule has 2 amide bonds. The summed E-state index contributed by atoms with van der Waals surface area (Å²) in [5, 5.41) is 1.71. The second-order valence-electron chi connectivity index (χ2n) is 6.68. The highest BCUT2D eigenvalue weighted by Crippen LogP contribution is 2.39. The SMILES string of the molecule is CC1CC(=O)NN1CC(=O)N1c2ccccc2OCC1c1ccccc1. The highest BCUT2D eigenvalue weighted by molar-refractivity contribution is 5.97. The van der Waals surface area contributed by atoms with Crippen molar-refractivity contribution in [2.24, 2.45) is 0 Å². The van der Waals surface area contributed by atoms with Gasteiger partial charge in [-0.15, -0.1) is 0 Å². The first-order chi connectivity index (χ1) is 12.6. The minimum Gasteiger partial charge on any atom is -0.489 e. The molecule has 0 saturated carbocycles. The van der Waals surface area contributed by atoms with E-state index in [4.69, 9.17) is 4.74 Å². The van der Waals surface area contributed by atoms with E-state index in [0.717, 1.165) is 11.3 Å². The van der Waals surface area contributed by atoms with Crippen LogP contribution in [0.5, 0.6) is 5.75 Å². The van der Waals surface area contributed by atoms with Crippen LogP contribution in [0.4, 0.5) is 5.69 Å². The number of amides is 2. The van der Waals surface area contributed by atoms with E-state index in [1.807, 2.05) is 61.5 Å². The summed E-state index contributed by atoms with van der Waals surface area (Å²) in [4.78, 5) is 26.6. The predicted molar refractivity (Wildman–Crippen MR) is 97.5 cm³/mol. The van der Waals surface area contributed by atoms with E-state index >= 15 is 0 Å². The number of ether oxygens (including phenoxy) is 1. The van der Waals surface area contributed by atoms with Crippen LogP contribution in [-0.2, 0) is 9.59 Å². The van der Waals surface area contributed by atoms with Crippen molar-refractivity contribution in [2.45, 2.75) is 25.4 Å². The van der Waals surface area contributed by atoms with Crippen molar-refractivity contribution >= 4 is 17.5 Å². The number of benzene rings is 2. The summed E-state index contributed by atoms with van der Waals surface area (Å²) in [6, 6.07) is 17.2. The maximum Gasteiger partial charge on any atom is 0.243 e. The van der Waals surface area contributed by atoms with Gasteiger partial charge in [-0.2, -0.15) is 0 Å². The van der Waals surface area contributed by atoms with E-state index in [1.54, 1.807) is 9.91 Å². The number of para-hydroxylation sites is 2. The fraction of sp³-hybridized carbons (Fsp3) is 0.300. The summed E-state index contributed by atoms with van der Waals surface area (Å²) >= 11 is 0. The summed E-state index contributed by atoms with van der Waals surface area (Å²) in [5.41, 5.74) is 4.55. The Morgan fingerprint density at radius 3 is 2.62 bits per heavy atom. The lowest BCUT2D eigenvalue weighted by Crippen LogP contribution is -2.49. The van der Waals surface area contributed by atoms with Crippen molar-refractivity contribution in [1.29, 1.82) is 0 Å². The Morgan fingerprint density at radius 2 is 1.88 bits per heavy atom. The zero-order chi connectivity index (χ0) is 18.1. The highest BCUT2D eigenvalue weighted by Gasteiger charge is 2.36. The number of nitrogens with one attached hydrogen (secondary N) is 1. The van der Waals surface area contributed by atoms with Crippen LogP contribution in [-0.4, -0.2) is 36.0 Å². The molecular weight excluding hydrogens is 330 g/mol. The molecule has 0 spiro atoms. The lowest BCUT2D eigenvalue weighted by molar-refractivity contribution is -0.123. The number of fused-ring (bicyclic) bond motifs is 1. The highest BCUT2D eigenvalue weighted by atomic mass is 16.5. The lowest BCUT2D eigenvalue weighted by atomic mass is 10.0. The van der Waals surface area contributed by atoms with E-state index in [9.17, 15) is 9.59 Å². The average molecular weight is 351 g/mol. The first-order valence-electron chi connectivity index (χ1n) is 8.78. The predicted octanol–water partition coefficient (Wildman–Crippen LogP) is 2.28. The number of hydrogen-bond acceptors (Lipinski definition) is 4. The molecule has 1 fully saturated rings. The van der Waals surface area contributed by atoms with E-state index in [1.165, 1.54) is 0 Å². The maximum atomic E-state index is 13.2. The quantitative estimate of drug-likeness (QED) is 0.922. The van der Waals surface area contributed by atoms with E-state index in [0.29, 0.717) is 18.8 Å². The van der Waals surface area contributed by atoms with Gasteiger partial charge in [0.2, 0.25) is 11.8 Å². The summed E-state index contributed by atoms with van der Waals surface area (Å²) < 4.78 is 5.90. The van der Waals surface area contributed by atoms with Crippen LogP contribution in [0.1, 0.15) is 24.9 Å². The molecule has 2 aliphatic heterocycles. The molecule has 0 radical (unpaired) electrons. The van der Waals surface area contributed by atoms with Crippen molar-refractivity contribution < 1.29 is 14.3 Å². The van der Waals surface area contributed by atoms with Crippen LogP contribution in [0.15, 0.2) is 54.6 Å². The molecule has 6 heteroatoms. The molecule has 2 aromatic rings. The van der Waals surface area contributed by atoms with Crippen molar-refractivity contribution in [1.82, 2.24) is 10.4 Å². The van der Waals surface area contributed by atoms with E-state index in [-0.39, 0.29) is 30.4 Å². The largest absolute Gasteiger partial charge is 0.489 e. The molecular formula is C20H21N3O3. The smallest absolute Gasteiger partial charge is 0.243 e. The second kappa shape index (κ2) is 6.80. The van der Waals surface area contributed by atoms with Crippen molar-refractivity contribution in [3.63, 3.8) is 0 Å². The fourth-order valence-corrected chi connectivity index (χ4v) is 3.53. The van der Waals surface area contributed by atoms with Crippen LogP contribution in [0.2, 0.25) is 0 Å². The van der Waals surface area contributed by atoms with Crippen LogP contribution >= 0.6 is 0 Å². The third-order valence-corrected chi connectivity index (χ3v) is 4.87. The van der Waals surface area contributed by atoms with Gasteiger partial charge in [0, 0.05) is 12.5 Å². The number of hydrazine groups is 1. The van der Waals surface area contributed by atoms with Gasteiger partial charge in [-0.05, 0) is 24.6 Å². The molecule has 2 heterocycles. The third kappa shape index (κ3) is 3.04. The van der Waals surface area contributed by atoms with Gasteiger partial charge in [0.05, 0.1) is 18.3 Å². The molecule has 2 unspecified atom stereocenters. The van der Waals surface area contributed by atoms with Gasteiger partial charge in [0.1, 0.15) is 12.4 Å². The Morgan fingerprint density at radius 1 is 1.15 bits per heavy atom. The minimum absolute atomic E-state index is 0.00194. The topological polar surface area (TPSA) is 61.9 Å². The Bertz CT molecular complexity index is 824. The molecule has 0 bridgehead atoms. The Kier molecular flexibility index (Phi) is 4.34. The van der Waals surface area contributed by atoms with Crippen LogP contribution in [0.25, 0.3) is 0 Å². The molecule has 1 saturated heterocycles. The molecule has 2 atom stereocenters. The maximum absolute atomic E-state index is 13.2. The third-order valence-electron chi connectivity index (χ3n) is 4.87. The Hall–Kier alpha value is -2.86. The fourth-order valence-electron chi connectivity index (χ4n) is 3.53. The minimum atomic E-state index is -0.202. The summed E-state index contributed by atoms with van der Waals surface area (Å²) in [5.74, 6) is 0.586. The molecule has 6 nitrogen and oxygen atoms in total. The second-order valence-corrected chi connectivity index (χ2v) is 6.68. The molecule has 2 aliphatic rings. The number of carbonyl (C=O) groups excluding carboxylic acids is 2. The van der Waals surface area contributed by atoms with Crippen LogP contribution < -0.4 is 15.1 Å². The van der Waals surface area contributed by atoms with Gasteiger partial charge in [0.25, 0.3) is 0 Å². The monoisotopic (exact) mass is 351 g/mol. The first kappa shape index (κ1) is 16.6. The molecule has 2 aromatic carbocycles. The number of anilines is 1. The zero-order valence-electron chi connectivity index (χ0n) is 14.6. The van der Waals surface area contributed by atoms with Gasteiger partial charge in [-0.1, -0.05) is 42.5 Å². The number of carbonyl (C=O) groups is 2. The van der Waals surface area contributed by atoms with Crippen molar-refractivity contribution in [3.8, 4) is 5.75 Å². The molecule has 0 aromatic heterocycles. The summed E-state index contributed by atoms with van der Waals surface area (Å²) in [6.07, 6.45) is 0.412. The molecule has 0 aliphatic carbocycles. The molecule has 134 valence electrons. The van der Waals surface area contributed by atoms with Crippen molar-refractivity contribution in [3.05, 3.63) is 60.2 Å². The van der Waals surface area contributed by atoms with Crippen molar-refractivity contribution in [2.75, 3.05) is 18.1 Å². The zero-order valence-corrected chi connectivity index (χ0v) is 14.6. The van der Waals surface area contributed by atoms with Gasteiger partial charge in [-0.25, -0.2) is 5.01 Å². The van der Waals surface area contributed by atoms with Gasteiger partial charge < -0.3 is 4.74 Å². The van der Waals surface area contributed by atoms with Gasteiger partial charge in [0.15, 0.2) is 0 Å². The van der Waals surface area contributed by atoms with Crippen LogP contribution in [0, 0.1) is 0 Å².